The lowest BCUT2D eigenvalue weighted by molar-refractivity contribution is 0.111. The molecule has 6 nitrogen and oxygen atoms in total. The Morgan fingerprint density at radius 1 is 1.03 bits per heavy atom. The lowest BCUT2D eigenvalue weighted by Crippen LogP contribution is -2.04. The van der Waals surface area contributed by atoms with Crippen LogP contribution in [0.4, 0.5) is 20.3 Å². The first kappa shape index (κ1) is 25.4. The molecule has 3 N–H and O–H groups in total. The van der Waals surface area contributed by atoms with Crippen molar-refractivity contribution in [2.45, 2.75) is 6.92 Å². The second-order valence-electron chi connectivity index (χ2n) is 6.74. The van der Waals surface area contributed by atoms with Crippen LogP contribution in [0, 0.1) is 11.6 Å². The molecule has 0 saturated heterocycles. The highest BCUT2D eigenvalue weighted by molar-refractivity contribution is 5.78. The van der Waals surface area contributed by atoms with Gasteiger partial charge in [-0.3, -0.25) is 9.78 Å². The van der Waals surface area contributed by atoms with Gasteiger partial charge < -0.3 is 15.8 Å². The Bertz CT molecular complexity index is 1110. The van der Waals surface area contributed by atoms with E-state index in [0.29, 0.717) is 23.7 Å². The molecule has 0 aliphatic carbocycles. The summed E-state index contributed by atoms with van der Waals surface area (Å²) in [5.74, 6) is -1.39. The van der Waals surface area contributed by atoms with E-state index in [-0.39, 0.29) is 11.8 Å². The van der Waals surface area contributed by atoms with Gasteiger partial charge in [0, 0.05) is 37.9 Å². The van der Waals surface area contributed by atoms with Crippen LogP contribution >= 0.6 is 0 Å². The van der Waals surface area contributed by atoms with Crippen molar-refractivity contribution in [3.05, 3.63) is 84.1 Å². The van der Waals surface area contributed by atoms with Crippen LogP contribution in [0.5, 0.6) is 0 Å². The molecule has 33 heavy (non-hydrogen) atoms. The third-order valence-electron chi connectivity index (χ3n) is 4.28. The van der Waals surface area contributed by atoms with Crippen molar-refractivity contribution in [3.8, 4) is 11.3 Å². The summed E-state index contributed by atoms with van der Waals surface area (Å²) in [6.07, 6.45) is 1.96. The molecule has 0 bridgehead atoms. The van der Waals surface area contributed by atoms with E-state index in [0.717, 1.165) is 17.6 Å². The number of nitrogens with two attached hydrogens (primary N) is 1. The van der Waals surface area contributed by atoms with Crippen LogP contribution in [0.25, 0.3) is 22.2 Å². The highest BCUT2D eigenvalue weighted by atomic mass is 19.1. The molecule has 0 unspecified atom stereocenters. The highest BCUT2D eigenvalue weighted by Crippen LogP contribution is 2.26. The molecule has 2 aromatic carbocycles. The minimum Gasteiger partial charge on any atom is -0.396 e. The van der Waals surface area contributed by atoms with Gasteiger partial charge in [0.2, 0.25) is 0 Å². The second-order valence-corrected chi connectivity index (χ2v) is 6.74. The summed E-state index contributed by atoms with van der Waals surface area (Å²) in [6.45, 7) is 2.50. The van der Waals surface area contributed by atoms with Crippen molar-refractivity contribution in [2.75, 3.05) is 31.8 Å². The molecule has 0 fully saturated rings. The quantitative estimate of drug-likeness (QED) is 0.406. The number of aromatic nitrogens is 2. The zero-order valence-corrected chi connectivity index (χ0v) is 18.7. The Hall–Kier alpha value is -3.91. The number of rotatable bonds is 4. The molecule has 4 aromatic rings. The fourth-order valence-corrected chi connectivity index (χ4v) is 2.80. The number of hydrogen-bond acceptors (Lipinski definition) is 6. The minimum atomic E-state index is -0.918. The van der Waals surface area contributed by atoms with E-state index < -0.39 is 17.2 Å². The van der Waals surface area contributed by atoms with Crippen LogP contribution in [0.15, 0.2) is 66.9 Å². The van der Waals surface area contributed by atoms with E-state index in [2.05, 4.69) is 32.2 Å². The minimum absolute atomic E-state index is 0.148. The topological polar surface area (TPSA) is 90.1 Å². The predicted octanol–water partition coefficient (Wildman–Crippen LogP) is 5.35. The van der Waals surface area contributed by atoms with Crippen LogP contribution in [0.1, 0.15) is 17.3 Å². The molecule has 0 amide bonds. The summed E-state index contributed by atoms with van der Waals surface area (Å²) in [6, 6.07) is 17.4. The molecule has 0 saturated carbocycles. The number of nitrogen functional groups attached to an aromatic ring is 1. The smallest absolute Gasteiger partial charge is 0.155 e. The Morgan fingerprint density at radius 3 is 2.27 bits per heavy atom. The van der Waals surface area contributed by atoms with E-state index in [9.17, 15) is 13.6 Å². The van der Waals surface area contributed by atoms with E-state index in [1.807, 2.05) is 37.4 Å². The van der Waals surface area contributed by atoms with Crippen molar-refractivity contribution in [1.82, 2.24) is 9.97 Å². The van der Waals surface area contributed by atoms with Gasteiger partial charge in [0.25, 0.3) is 0 Å². The van der Waals surface area contributed by atoms with Gasteiger partial charge in [0.05, 0.1) is 22.5 Å². The summed E-state index contributed by atoms with van der Waals surface area (Å²) in [4.78, 5) is 19.0. The first-order chi connectivity index (χ1) is 15.9. The van der Waals surface area contributed by atoms with Gasteiger partial charge in [-0.25, -0.2) is 13.8 Å². The van der Waals surface area contributed by atoms with Gasteiger partial charge in [-0.15, -0.1) is 0 Å². The summed E-state index contributed by atoms with van der Waals surface area (Å²) >= 11 is 0. The number of anilines is 2. The average Bonchev–Trinajstić information content (AvgIpc) is 2.81. The number of hydrogen-bond donors (Lipinski definition) is 2. The van der Waals surface area contributed by atoms with Crippen LogP contribution in [0.2, 0.25) is 0 Å². The fourth-order valence-electron chi connectivity index (χ4n) is 2.80. The molecule has 172 valence electrons. The van der Waals surface area contributed by atoms with Gasteiger partial charge >= 0.3 is 0 Å². The van der Waals surface area contributed by atoms with E-state index in [4.69, 9.17) is 5.73 Å². The number of benzene rings is 2. The number of ether oxygens (including phenoxy) is 1. The normalized spacial score (nSPS) is 9.85. The molecule has 4 rings (SSSR count). The number of nitrogens with zero attached hydrogens (tertiary/aromatic N) is 2. The molecule has 0 aliphatic heterocycles. The third-order valence-corrected chi connectivity index (χ3v) is 4.28. The number of aldehydes is 1. The van der Waals surface area contributed by atoms with Gasteiger partial charge in [-0.2, -0.15) is 0 Å². The Balaban J connectivity index is 0.000000245. The van der Waals surface area contributed by atoms with Crippen LogP contribution in [0.3, 0.4) is 0 Å². The molecule has 0 aliphatic rings. The fraction of sp³-hybridized carbons (Fsp3) is 0.160. The highest BCUT2D eigenvalue weighted by Gasteiger charge is 2.13. The zero-order chi connectivity index (χ0) is 24.2. The summed E-state index contributed by atoms with van der Waals surface area (Å²) < 4.78 is 31.4. The number of nitrogens with one attached hydrogen (secondary N) is 1. The molecule has 2 aromatic heterocycles. The number of fused-ring (bicyclic) bond motifs is 1. The van der Waals surface area contributed by atoms with Gasteiger partial charge in [-0.1, -0.05) is 24.3 Å². The monoisotopic (exact) mass is 452 g/mol. The molecule has 8 heteroatoms. The number of carbonyl (C=O) groups excluding carboxylic acids is 1. The van der Waals surface area contributed by atoms with Crippen LogP contribution < -0.4 is 11.1 Å². The number of para-hydroxylation sites is 1. The van der Waals surface area contributed by atoms with Gasteiger partial charge in [0.15, 0.2) is 6.29 Å². The SMILES string of the molecule is CCNc1nc(-c2cc(F)c(C=O)c(F)c2)ccc1N.COC.c1ccc2ncccc2c1. The molecule has 2 heterocycles. The molecule has 0 radical (unpaired) electrons. The van der Waals surface area contributed by atoms with Crippen molar-refractivity contribution in [2.24, 2.45) is 0 Å². The van der Waals surface area contributed by atoms with E-state index >= 15 is 0 Å². The predicted molar refractivity (Wildman–Crippen MR) is 128 cm³/mol. The van der Waals surface area contributed by atoms with Crippen LogP contribution in [-0.2, 0) is 4.74 Å². The Kier molecular flexibility index (Phi) is 9.85. The third kappa shape index (κ3) is 7.05. The van der Waals surface area contributed by atoms with Crippen molar-refractivity contribution in [3.63, 3.8) is 0 Å². The number of pyridine rings is 2. The maximum atomic E-state index is 13.6. The lowest BCUT2D eigenvalue weighted by Gasteiger charge is -2.09. The average molecular weight is 453 g/mol. The number of carbonyl (C=O) groups is 1. The van der Waals surface area contributed by atoms with Crippen molar-refractivity contribution < 1.29 is 18.3 Å². The number of halogens is 2. The van der Waals surface area contributed by atoms with E-state index in [1.165, 1.54) is 5.39 Å². The maximum absolute atomic E-state index is 13.6. The van der Waals surface area contributed by atoms with Crippen LogP contribution in [-0.4, -0.2) is 37.0 Å². The molecule has 0 spiro atoms. The Labute approximate surface area is 191 Å². The van der Waals surface area contributed by atoms with Gasteiger partial charge in [-0.05, 0) is 43.3 Å². The standard InChI is InChI=1S/C14H13F2N3O.C9H7N.C2H6O/c1-2-18-14-12(17)3-4-13(19-14)8-5-10(15)9(7-20)11(16)6-8;1-2-6-9-8(4-1)5-3-7-10-9;1-3-2/h3-7H,2,17H2,1H3,(H,18,19);1-7H;1-2H3. The van der Waals surface area contributed by atoms with Crippen molar-refractivity contribution >= 4 is 28.7 Å². The molecule has 0 atom stereocenters. The zero-order valence-electron chi connectivity index (χ0n) is 18.7. The Morgan fingerprint density at radius 2 is 1.67 bits per heavy atom. The second kappa shape index (κ2) is 12.8. The first-order valence-electron chi connectivity index (χ1n) is 10.1. The summed E-state index contributed by atoms with van der Waals surface area (Å²) in [7, 11) is 3.25. The molecular weight excluding hydrogens is 426 g/mol. The lowest BCUT2D eigenvalue weighted by atomic mass is 10.1. The molecular formula is C25H26F2N4O2. The van der Waals surface area contributed by atoms with Gasteiger partial charge in [0.1, 0.15) is 17.5 Å². The first-order valence-corrected chi connectivity index (χ1v) is 10.1. The summed E-state index contributed by atoms with van der Waals surface area (Å²) in [5.41, 5.74) is 7.26. The largest absolute Gasteiger partial charge is 0.396 e. The van der Waals surface area contributed by atoms with Crippen molar-refractivity contribution in [1.29, 1.82) is 0 Å². The number of methoxy groups -OCH3 is 1. The maximum Gasteiger partial charge on any atom is 0.155 e. The van der Waals surface area contributed by atoms with E-state index in [1.54, 1.807) is 26.4 Å². The summed E-state index contributed by atoms with van der Waals surface area (Å²) in [5, 5.41) is 4.16.